The predicted octanol–water partition coefficient (Wildman–Crippen LogP) is 4.09. The van der Waals surface area contributed by atoms with Gasteiger partial charge in [-0.25, -0.2) is 0 Å². The van der Waals surface area contributed by atoms with Crippen LogP contribution in [0, 0.1) is 0 Å². The minimum absolute atomic E-state index is 0.242. The van der Waals surface area contributed by atoms with Gasteiger partial charge in [-0.1, -0.05) is 30.9 Å². The third-order valence-corrected chi connectivity index (χ3v) is 5.87. The van der Waals surface area contributed by atoms with Gasteiger partial charge in [0.2, 0.25) is 0 Å². The highest BCUT2D eigenvalue weighted by molar-refractivity contribution is 9.10. The number of hydrogen-bond acceptors (Lipinski definition) is 3. The normalized spacial score (nSPS) is 19.5. The SMILES string of the molecule is NCC(NC1CCCCC1)c1cc(Br)c(Cl)s1. The summed E-state index contributed by atoms with van der Waals surface area (Å²) in [7, 11) is 0. The zero-order valence-electron chi connectivity index (χ0n) is 9.72. The van der Waals surface area contributed by atoms with Crippen LogP contribution in [-0.2, 0) is 0 Å². The minimum Gasteiger partial charge on any atom is -0.329 e. The fourth-order valence-electron chi connectivity index (χ4n) is 2.36. The van der Waals surface area contributed by atoms with E-state index in [1.165, 1.54) is 37.0 Å². The molecule has 1 heterocycles. The summed E-state index contributed by atoms with van der Waals surface area (Å²) in [5.41, 5.74) is 5.87. The van der Waals surface area contributed by atoms with Crippen molar-refractivity contribution in [2.24, 2.45) is 5.73 Å². The summed E-state index contributed by atoms with van der Waals surface area (Å²) in [6.07, 6.45) is 6.60. The maximum atomic E-state index is 6.08. The van der Waals surface area contributed by atoms with E-state index in [1.807, 2.05) is 0 Å². The Hall–Kier alpha value is 0.390. The Kier molecular flexibility index (Phi) is 5.30. The van der Waals surface area contributed by atoms with Gasteiger partial charge in [0.15, 0.2) is 0 Å². The van der Waals surface area contributed by atoms with Gasteiger partial charge in [0.05, 0.1) is 6.04 Å². The highest BCUT2D eigenvalue weighted by atomic mass is 79.9. The minimum atomic E-state index is 0.242. The standard InChI is InChI=1S/C12H18BrClN2S/c13-9-6-11(17-12(9)14)10(7-15)16-8-4-2-1-3-5-8/h6,8,10,16H,1-5,7,15H2. The maximum absolute atomic E-state index is 6.08. The molecule has 2 rings (SSSR count). The van der Waals surface area contributed by atoms with Crippen molar-refractivity contribution in [3.63, 3.8) is 0 Å². The van der Waals surface area contributed by atoms with Crippen molar-refractivity contribution in [2.45, 2.75) is 44.2 Å². The smallest absolute Gasteiger partial charge is 0.107 e. The Labute approximate surface area is 120 Å². The molecule has 1 saturated carbocycles. The van der Waals surface area contributed by atoms with Crippen LogP contribution in [0.25, 0.3) is 0 Å². The number of halogens is 2. The lowest BCUT2D eigenvalue weighted by molar-refractivity contribution is 0.342. The highest BCUT2D eigenvalue weighted by Gasteiger charge is 2.20. The summed E-state index contributed by atoms with van der Waals surface area (Å²) in [5, 5.41) is 3.67. The van der Waals surface area contributed by atoms with E-state index in [0.717, 1.165) is 8.81 Å². The second kappa shape index (κ2) is 6.53. The molecule has 17 heavy (non-hydrogen) atoms. The lowest BCUT2D eigenvalue weighted by Gasteiger charge is -2.27. The number of thiophene rings is 1. The quantitative estimate of drug-likeness (QED) is 0.868. The molecular weight excluding hydrogens is 320 g/mol. The number of hydrogen-bond donors (Lipinski definition) is 2. The van der Waals surface area contributed by atoms with Crippen LogP contribution in [0.15, 0.2) is 10.5 Å². The van der Waals surface area contributed by atoms with Gasteiger partial charge in [-0.15, -0.1) is 11.3 Å². The molecule has 1 aromatic rings. The topological polar surface area (TPSA) is 38.0 Å². The Morgan fingerprint density at radius 3 is 2.71 bits per heavy atom. The summed E-state index contributed by atoms with van der Waals surface area (Å²) < 4.78 is 1.78. The summed E-state index contributed by atoms with van der Waals surface area (Å²) in [6.45, 7) is 0.625. The van der Waals surface area contributed by atoms with Gasteiger partial charge in [0.1, 0.15) is 4.34 Å². The number of nitrogens with one attached hydrogen (secondary N) is 1. The summed E-state index contributed by atoms with van der Waals surface area (Å²) in [6, 6.07) is 2.95. The third-order valence-electron chi connectivity index (χ3n) is 3.29. The van der Waals surface area contributed by atoms with Crippen molar-refractivity contribution in [2.75, 3.05) is 6.54 Å². The first-order chi connectivity index (χ1) is 8.20. The summed E-state index contributed by atoms with van der Waals surface area (Å²) in [4.78, 5) is 1.23. The zero-order valence-corrected chi connectivity index (χ0v) is 12.9. The van der Waals surface area contributed by atoms with E-state index in [0.29, 0.717) is 12.6 Å². The van der Waals surface area contributed by atoms with Crippen molar-refractivity contribution in [1.29, 1.82) is 0 Å². The largest absolute Gasteiger partial charge is 0.329 e. The molecule has 0 radical (unpaired) electrons. The second-order valence-electron chi connectivity index (χ2n) is 4.56. The average Bonchev–Trinajstić information content (AvgIpc) is 2.68. The molecular formula is C12H18BrClN2S. The summed E-state index contributed by atoms with van der Waals surface area (Å²) in [5.74, 6) is 0. The lowest BCUT2D eigenvalue weighted by atomic mass is 9.95. The summed E-state index contributed by atoms with van der Waals surface area (Å²) >= 11 is 11.1. The maximum Gasteiger partial charge on any atom is 0.107 e. The molecule has 96 valence electrons. The molecule has 2 nitrogen and oxygen atoms in total. The van der Waals surface area contributed by atoms with Gasteiger partial charge in [-0.2, -0.15) is 0 Å². The fraction of sp³-hybridized carbons (Fsp3) is 0.667. The molecule has 1 aliphatic carbocycles. The molecule has 0 spiro atoms. The van der Waals surface area contributed by atoms with Crippen LogP contribution in [0.2, 0.25) is 4.34 Å². The van der Waals surface area contributed by atoms with Crippen LogP contribution in [0.4, 0.5) is 0 Å². The van der Waals surface area contributed by atoms with Crippen LogP contribution in [0.3, 0.4) is 0 Å². The number of rotatable bonds is 4. The molecule has 1 aliphatic rings. The highest BCUT2D eigenvalue weighted by Crippen LogP contribution is 2.35. The first-order valence-electron chi connectivity index (χ1n) is 6.11. The van der Waals surface area contributed by atoms with Crippen molar-refractivity contribution in [1.82, 2.24) is 5.32 Å². The molecule has 0 aromatic carbocycles. The van der Waals surface area contributed by atoms with Gasteiger partial charge < -0.3 is 11.1 Å². The third kappa shape index (κ3) is 3.67. The Morgan fingerprint density at radius 2 is 2.18 bits per heavy atom. The monoisotopic (exact) mass is 336 g/mol. The molecule has 1 aromatic heterocycles. The molecule has 1 unspecified atom stereocenters. The molecule has 0 amide bonds. The van der Waals surface area contributed by atoms with Gasteiger partial charge in [0, 0.05) is 21.9 Å². The molecule has 0 saturated heterocycles. The van der Waals surface area contributed by atoms with E-state index < -0.39 is 0 Å². The fourth-order valence-corrected chi connectivity index (χ4v) is 4.16. The zero-order chi connectivity index (χ0) is 12.3. The number of nitrogens with two attached hydrogens (primary N) is 1. The Morgan fingerprint density at radius 1 is 1.47 bits per heavy atom. The van der Waals surface area contributed by atoms with Gasteiger partial charge >= 0.3 is 0 Å². The first-order valence-corrected chi connectivity index (χ1v) is 8.10. The molecule has 3 N–H and O–H groups in total. The Bertz CT molecular complexity index is 344. The van der Waals surface area contributed by atoms with Crippen LogP contribution in [0.5, 0.6) is 0 Å². The molecule has 0 aliphatic heterocycles. The van der Waals surface area contributed by atoms with Crippen molar-refractivity contribution >= 4 is 38.9 Å². The first kappa shape index (κ1) is 13.8. The van der Waals surface area contributed by atoms with E-state index in [9.17, 15) is 0 Å². The molecule has 5 heteroatoms. The van der Waals surface area contributed by atoms with E-state index in [1.54, 1.807) is 11.3 Å². The van der Waals surface area contributed by atoms with Gasteiger partial charge in [-0.05, 0) is 34.8 Å². The Balaban J connectivity index is 2.00. The average molecular weight is 338 g/mol. The second-order valence-corrected chi connectivity index (χ2v) is 7.10. The van der Waals surface area contributed by atoms with E-state index in [2.05, 4.69) is 27.3 Å². The van der Waals surface area contributed by atoms with Crippen molar-refractivity contribution < 1.29 is 0 Å². The van der Waals surface area contributed by atoms with E-state index in [-0.39, 0.29) is 6.04 Å². The van der Waals surface area contributed by atoms with Gasteiger partial charge in [-0.3, -0.25) is 0 Å². The molecule has 0 bridgehead atoms. The molecule has 1 fully saturated rings. The van der Waals surface area contributed by atoms with E-state index >= 15 is 0 Å². The predicted molar refractivity (Wildman–Crippen MR) is 78.8 cm³/mol. The van der Waals surface area contributed by atoms with Crippen LogP contribution >= 0.6 is 38.9 Å². The van der Waals surface area contributed by atoms with Gasteiger partial charge in [0.25, 0.3) is 0 Å². The van der Waals surface area contributed by atoms with E-state index in [4.69, 9.17) is 17.3 Å². The van der Waals surface area contributed by atoms with Crippen LogP contribution in [0.1, 0.15) is 43.0 Å². The van der Waals surface area contributed by atoms with Crippen molar-refractivity contribution in [3.05, 3.63) is 19.8 Å². The van der Waals surface area contributed by atoms with Crippen molar-refractivity contribution in [3.8, 4) is 0 Å². The molecule has 1 atom stereocenters. The lowest BCUT2D eigenvalue weighted by Crippen LogP contribution is -2.37. The van der Waals surface area contributed by atoms with Crippen LogP contribution < -0.4 is 11.1 Å². The van der Waals surface area contributed by atoms with Crippen LogP contribution in [-0.4, -0.2) is 12.6 Å².